The molecule has 30 heavy (non-hydrogen) atoms. The smallest absolute Gasteiger partial charge is 0.251 e. The van der Waals surface area contributed by atoms with Gasteiger partial charge in [0, 0.05) is 38.9 Å². The van der Waals surface area contributed by atoms with Gasteiger partial charge in [0.05, 0.1) is 13.2 Å². The fourth-order valence-electron chi connectivity index (χ4n) is 3.88. The van der Waals surface area contributed by atoms with E-state index < -0.39 is 17.8 Å². The number of hydrogen-bond acceptors (Lipinski definition) is 5. The molecule has 0 aromatic heterocycles. The molecule has 164 valence electrons. The van der Waals surface area contributed by atoms with Crippen LogP contribution in [-0.2, 0) is 19.1 Å². The maximum atomic E-state index is 13.2. The zero-order valence-corrected chi connectivity index (χ0v) is 17.1. The van der Waals surface area contributed by atoms with Gasteiger partial charge in [-0.25, -0.2) is 4.39 Å². The SMILES string of the molecule is COCC(=O)N1CCC(C(NC(=O)c2ccc(F)cc2)C(=O)N2CCOCC2)CC1. The van der Waals surface area contributed by atoms with Crippen molar-refractivity contribution in [2.75, 3.05) is 53.1 Å². The highest BCUT2D eigenvalue weighted by atomic mass is 19.1. The van der Waals surface area contributed by atoms with Crippen molar-refractivity contribution in [3.05, 3.63) is 35.6 Å². The molecule has 2 saturated heterocycles. The summed E-state index contributed by atoms with van der Waals surface area (Å²) >= 11 is 0. The van der Waals surface area contributed by atoms with Crippen molar-refractivity contribution < 1.29 is 28.2 Å². The molecule has 2 fully saturated rings. The Balaban J connectivity index is 1.71. The van der Waals surface area contributed by atoms with Gasteiger partial charge >= 0.3 is 0 Å². The third-order valence-electron chi connectivity index (χ3n) is 5.61. The van der Waals surface area contributed by atoms with Crippen LogP contribution in [0.15, 0.2) is 24.3 Å². The number of halogens is 1. The van der Waals surface area contributed by atoms with E-state index >= 15 is 0 Å². The largest absolute Gasteiger partial charge is 0.378 e. The van der Waals surface area contributed by atoms with Gasteiger partial charge < -0.3 is 24.6 Å². The minimum Gasteiger partial charge on any atom is -0.378 e. The van der Waals surface area contributed by atoms with E-state index in [0.717, 1.165) is 0 Å². The highest BCUT2D eigenvalue weighted by Gasteiger charge is 2.36. The highest BCUT2D eigenvalue weighted by Crippen LogP contribution is 2.23. The molecule has 0 bridgehead atoms. The lowest BCUT2D eigenvalue weighted by atomic mass is 9.88. The van der Waals surface area contributed by atoms with Crippen molar-refractivity contribution in [3.8, 4) is 0 Å². The molecule has 8 nitrogen and oxygen atoms in total. The Morgan fingerprint density at radius 1 is 1.10 bits per heavy atom. The van der Waals surface area contributed by atoms with Crippen LogP contribution in [0.5, 0.6) is 0 Å². The van der Waals surface area contributed by atoms with Crippen LogP contribution >= 0.6 is 0 Å². The van der Waals surface area contributed by atoms with Crippen LogP contribution in [-0.4, -0.2) is 86.7 Å². The third-order valence-corrected chi connectivity index (χ3v) is 5.61. The van der Waals surface area contributed by atoms with Crippen molar-refractivity contribution in [2.24, 2.45) is 5.92 Å². The van der Waals surface area contributed by atoms with Crippen LogP contribution in [0, 0.1) is 11.7 Å². The van der Waals surface area contributed by atoms with Crippen molar-refractivity contribution in [1.82, 2.24) is 15.1 Å². The average Bonchev–Trinajstić information content (AvgIpc) is 2.78. The number of carbonyl (C=O) groups excluding carboxylic acids is 3. The molecule has 1 atom stereocenters. The number of benzene rings is 1. The van der Waals surface area contributed by atoms with Crippen molar-refractivity contribution >= 4 is 17.7 Å². The summed E-state index contributed by atoms with van der Waals surface area (Å²) in [6.45, 7) is 2.93. The number of ether oxygens (including phenoxy) is 2. The number of carbonyl (C=O) groups is 3. The van der Waals surface area contributed by atoms with Crippen LogP contribution in [0.1, 0.15) is 23.2 Å². The monoisotopic (exact) mass is 421 g/mol. The van der Waals surface area contributed by atoms with Gasteiger partial charge in [0.25, 0.3) is 5.91 Å². The molecule has 3 amide bonds. The average molecular weight is 421 g/mol. The molecule has 0 radical (unpaired) electrons. The maximum absolute atomic E-state index is 13.2. The molecule has 2 aliphatic rings. The molecule has 0 spiro atoms. The minimum absolute atomic E-state index is 0.0299. The summed E-state index contributed by atoms with van der Waals surface area (Å²) in [7, 11) is 1.48. The zero-order chi connectivity index (χ0) is 21.5. The van der Waals surface area contributed by atoms with Gasteiger partial charge in [0.15, 0.2) is 0 Å². The second-order valence-electron chi connectivity index (χ2n) is 7.55. The summed E-state index contributed by atoms with van der Waals surface area (Å²) < 4.78 is 23.4. The lowest BCUT2D eigenvalue weighted by Crippen LogP contribution is -2.56. The summed E-state index contributed by atoms with van der Waals surface area (Å²) in [5, 5.41) is 2.87. The fraction of sp³-hybridized carbons (Fsp3) is 0.571. The molecule has 0 saturated carbocycles. The minimum atomic E-state index is -0.708. The molecule has 1 N–H and O–H groups in total. The molecule has 1 aromatic rings. The molecule has 9 heteroatoms. The van der Waals surface area contributed by atoms with Crippen LogP contribution in [0.4, 0.5) is 4.39 Å². The summed E-state index contributed by atoms with van der Waals surface area (Å²) in [6, 6.07) is 4.52. The van der Waals surface area contributed by atoms with Crippen LogP contribution < -0.4 is 5.32 Å². The van der Waals surface area contributed by atoms with Gasteiger partial charge in [-0.2, -0.15) is 0 Å². The van der Waals surface area contributed by atoms with E-state index in [2.05, 4.69) is 5.32 Å². The van der Waals surface area contributed by atoms with Crippen molar-refractivity contribution in [2.45, 2.75) is 18.9 Å². The van der Waals surface area contributed by atoms with E-state index in [0.29, 0.717) is 57.8 Å². The number of likely N-dealkylation sites (tertiary alicyclic amines) is 1. The number of methoxy groups -OCH3 is 1. The molecular weight excluding hydrogens is 393 g/mol. The zero-order valence-electron chi connectivity index (χ0n) is 17.1. The normalized spacial score (nSPS) is 18.7. The summed E-state index contributed by atoms with van der Waals surface area (Å²) in [6.07, 6.45) is 1.19. The van der Waals surface area contributed by atoms with Gasteiger partial charge in [-0.1, -0.05) is 0 Å². The number of morpholine rings is 1. The molecule has 1 unspecified atom stereocenters. The molecule has 0 aliphatic carbocycles. The Bertz CT molecular complexity index is 744. The summed E-state index contributed by atoms with van der Waals surface area (Å²) in [4.78, 5) is 41.5. The Morgan fingerprint density at radius 2 is 1.73 bits per heavy atom. The van der Waals surface area contributed by atoms with E-state index in [4.69, 9.17) is 9.47 Å². The number of nitrogens with one attached hydrogen (secondary N) is 1. The Kier molecular flexibility index (Phi) is 7.75. The van der Waals surface area contributed by atoms with Crippen molar-refractivity contribution in [1.29, 1.82) is 0 Å². The van der Waals surface area contributed by atoms with E-state index in [9.17, 15) is 18.8 Å². The van der Waals surface area contributed by atoms with E-state index in [1.807, 2.05) is 0 Å². The maximum Gasteiger partial charge on any atom is 0.251 e. The lowest BCUT2D eigenvalue weighted by Gasteiger charge is -2.38. The first-order valence-electron chi connectivity index (χ1n) is 10.2. The molecular formula is C21H28FN3O5. The van der Waals surface area contributed by atoms with Gasteiger partial charge in [0.1, 0.15) is 18.5 Å². The van der Waals surface area contributed by atoms with E-state index in [-0.39, 0.29) is 24.3 Å². The second-order valence-corrected chi connectivity index (χ2v) is 7.55. The second kappa shape index (κ2) is 10.5. The quantitative estimate of drug-likeness (QED) is 0.730. The predicted molar refractivity (Wildman–Crippen MR) is 106 cm³/mol. The summed E-state index contributed by atoms with van der Waals surface area (Å²) in [5.74, 6) is -1.17. The van der Waals surface area contributed by atoms with Gasteiger partial charge in [-0.05, 0) is 43.0 Å². The van der Waals surface area contributed by atoms with E-state index in [1.165, 1.54) is 31.4 Å². The number of nitrogens with zero attached hydrogens (tertiary/aromatic N) is 2. The Hall–Kier alpha value is -2.52. The first-order valence-corrected chi connectivity index (χ1v) is 10.2. The number of amides is 3. The number of rotatable bonds is 6. The van der Waals surface area contributed by atoms with Gasteiger partial charge in [-0.15, -0.1) is 0 Å². The van der Waals surface area contributed by atoms with E-state index in [1.54, 1.807) is 9.80 Å². The van der Waals surface area contributed by atoms with Gasteiger partial charge in [0.2, 0.25) is 11.8 Å². The lowest BCUT2D eigenvalue weighted by molar-refractivity contribution is -0.140. The van der Waals surface area contributed by atoms with Crippen LogP contribution in [0.25, 0.3) is 0 Å². The van der Waals surface area contributed by atoms with Crippen LogP contribution in [0.3, 0.4) is 0 Å². The van der Waals surface area contributed by atoms with Crippen molar-refractivity contribution in [3.63, 3.8) is 0 Å². The Morgan fingerprint density at radius 3 is 2.33 bits per heavy atom. The third kappa shape index (κ3) is 5.54. The first-order chi connectivity index (χ1) is 14.5. The predicted octanol–water partition coefficient (Wildman–Crippen LogP) is 0.668. The molecule has 3 rings (SSSR count). The number of piperidine rings is 1. The topological polar surface area (TPSA) is 88.2 Å². The molecule has 2 aliphatic heterocycles. The highest BCUT2D eigenvalue weighted by molar-refractivity contribution is 5.97. The fourth-order valence-corrected chi connectivity index (χ4v) is 3.88. The van der Waals surface area contributed by atoms with Crippen LogP contribution in [0.2, 0.25) is 0 Å². The molecule has 1 aromatic carbocycles. The standard InChI is InChI=1S/C21H28FN3O5/c1-29-14-18(26)24-8-6-15(7-9-24)19(21(28)25-10-12-30-13-11-25)23-20(27)16-2-4-17(22)5-3-16/h2-5,15,19H,6-14H2,1H3,(H,23,27). The first kappa shape index (κ1) is 22.2. The van der Waals surface area contributed by atoms with Gasteiger partial charge in [-0.3, -0.25) is 14.4 Å². The Labute approximate surface area is 175 Å². The molecule has 2 heterocycles. The summed E-state index contributed by atoms with van der Waals surface area (Å²) in [5.41, 5.74) is 0.295. The number of hydrogen-bond donors (Lipinski definition) is 1.